The highest BCUT2D eigenvalue weighted by atomic mass is 35.5. The van der Waals surface area contributed by atoms with Crippen LogP contribution in [0.25, 0.3) is 0 Å². The van der Waals surface area contributed by atoms with Crippen LogP contribution in [0.4, 0.5) is 4.39 Å². The van der Waals surface area contributed by atoms with Crippen LogP contribution in [0.15, 0.2) is 36.7 Å². The van der Waals surface area contributed by atoms with Gasteiger partial charge in [0.2, 0.25) is 0 Å². The Kier molecular flexibility index (Phi) is 5.97. The fraction of sp³-hybridized carbons (Fsp3) is 0.312. The molecule has 0 bridgehead atoms. The van der Waals surface area contributed by atoms with Crippen molar-refractivity contribution in [2.45, 2.75) is 25.8 Å². The molecule has 0 saturated carbocycles. The quantitative estimate of drug-likeness (QED) is 0.823. The number of pyridine rings is 1. The van der Waals surface area contributed by atoms with Crippen LogP contribution in [0.3, 0.4) is 0 Å². The second kappa shape index (κ2) is 7.74. The molecule has 1 aromatic heterocycles. The lowest BCUT2D eigenvalue weighted by molar-refractivity contribution is 0.521. The van der Waals surface area contributed by atoms with Gasteiger partial charge >= 0.3 is 0 Å². The third kappa shape index (κ3) is 4.40. The summed E-state index contributed by atoms with van der Waals surface area (Å²) in [5.74, 6) is -0.340. The van der Waals surface area contributed by atoms with E-state index in [2.05, 4.69) is 17.2 Å². The van der Waals surface area contributed by atoms with Gasteiger partial charge in [0.25, 0.3) is 0 Å². The van der Waals surface area contributed by atoms with Gasteiger partial charge in [-0.2, -0.15) is 0 Å². The predicted molar refractivity (Wildman–Crippen MR) is 85.4 cm³/mol. The average Bonchev–Trinajstić information content (AvgIpc) is 2.47. The van der Waals surface area contributed by atoms with Crippen LogP contribution in [0, 0.1) is 5.82 Å². The Morgan fingerprint density at radius 2 is 2.10 bits per heavy atom. The Morgan fingerprint density at radius 3 is 2.81 bits per heavy atom. The molecule has 0 aliphatic heterocycles. The molecule has 2 aromatic rings. The number of halogens is 3. The van der Waals surface area contributed by atoms with Gasteiger partial charge in [0.1, 0.15) is 5.82 Å². The summed E-state index contributed by atoms with van der Waals surface area (Å²) in [6, 6.07) is 7.00. The second-order valence-corrected chi connectivity index (χ2v) is 5.65. The van der Waals surface area contributed by atoms with Crippen LogP contribution >= 0.6 is 23.2 Å². The van der Waals surface area contributed by atoms with Crippen molar-refractivity contribution in [2.75, 3.05) is 6.54 Å². The summed E-state index contributed by atoms with van der Waals surface area (Å²) >= 11 is 12.3. The summed E-state index contributed by atoms with van der Waals surface area (Å²) in [7, 11) is 0. The first-order valence-electron chi connectivity index (χ1n) is 6.88. The zero-order chi connectivity index (χ0) is 15.2. The largest absolute Gasteiger partial charge is 0.310 e. The molecule has 1 atom stereocenters. The van der Waals surface area contributed by atoms with E-state index < -0.39 is 0 Å². The van der Waals surface area contributed by atoms with Crippen LogP contribution in [-0.4, -0.2) is 11.5 Å². The number of hydrogen-bond donors (Lipinski definition) is 1. The average molecular weight is 327 g/mol. The molecule has 1 N–H and O–H groups in total. The number of benzene rings is 1. The Bertz CT molecular complexity index is 605. The van der Waals surface area contributed by atoms with Gasteiger partial charge in [0.15, 0.2) is 0 Å². The van der Waals surface area contributed by atoms with Gasteiger partial charge in [-0.1, -0.05) is 42.3 Å². The molecule has 21 heavy (non-hydrogen) atoms. The van der Waals surface area contributed by atoms with Gasteiger partial charge < -0.3 is 5.32 Å². The first kappa shape index (κ1) is 16.2. The molecule has 0 radical (unpaired) electrons. The summed E-state index contributed by atoms with van der Waals surface area (Å²) in [6.45, 7) is 2.92. The third-order valence-electron chi connectivity index (χ3n) is 3.22. The lowest BCUT2D eigenvalue weighted by atomic mass is 10.00. The lowest BCUT2D eigenvalue weighted by Gasteiger charge is -2.19. The topological polar surface area (TPSA) is 24.9 Å². The first-order valence-corrected chi connectivity index (χ1v) is 7.64. The number of nitrogens with one attached hydrogen (secondary N) is 1. The molecule has 5 heteroatoms. The van der Waals surface area contributed by atoms with E-state index in [1.807, 2.05) is 12.1 Å². The van der Waals surface area contributed by atoms with Crippen LogP contribution in [0.1, 0.15) is 30.5 Å². The molecule has 0 amide bonds. The zero-order valence-electron chi connectivity index (χ0n) is 11.7. The number of rotatable bonds is 6. The standard InChI is InChI=1S/C16H17Cl2FN2/c1-2-6-21-15(12-7-13(19)10-20-9-12)8-11-4-3-5-14(17)16(11)18/h3-5,7,9-10,15,21H,2,6,8H2,1H3. The molecule has 1 aromatic carbocycles. The monoisotopic (exact) mass is 326 g/mol. The smallest absolute Gasteiger partial charge is 0.141 e. The summed E-state index contributed by atoms with van der Waals surface area (Å²) in [5.41, 5.74) is 1.74. The molecule has 0 fully saturated rings. The van der Waals surface area contributed by atoms with Gasteiger partial charge in [-0.25, -0.2) is 4.39 Å². The highest BCUT2D eigenvalue weighted by Crippen LogP contribution is 2.29. The molecule has 2 nitrogen and oxygen atoms in total. The molecule has 0 spiro atoms. The van der Waals surface area contributed by atoms with Crippen molar-refractivity contribution >= 4 is 23.2 Å². The minimum Gasteiger partial charge on any atom is -0.310 e. The van der Waals surface area contributed by atoms with E-state index in [4.69, 9.17) is 23.2 Å². The van der Waals surface area contributed by atoms with E-state index in [1.165, 1.54) is 12.3 Å². The van der Waals surface area contributed by atoms with E-state index in [0.717, 1.165) is 24.1 Å². The lowest BCUT2D eigenvalue weighted by Crippen LogP contribution is -2.24. The molecule has 0 aliphatic carbocycles. The molecular weight excluding hydrogens is 310 g/mol. The van der Waals surface area contributed by atoms with Crippen LogP contribution in [-0.2, 0) is 6.42 Å². The van der Waals surface area contributed by atoms with Gasteiger partial charge in [-0.15, -0.1) is 0 Å². The normalized spacial score (nSPS) is 12.4. The maximum atomic E-state index is 13.4. The van der Waals surface area contributed by atoms with Gasteiger partial charge in [0.05, 0.1) is 16.2 Å². The summed E-state index contributed by atoms with van der Waals surface area (Å²) in [4.78, 5) is 3.92. The summed E-state index contributed by atoms with van der Waals surface area (Å²) in [5, 5.41) is 4.48. The minimum absolute atomic E-state index is 0.0517. The molecule has 0 aliphatic rings. The maximum absolute atomic E-state index is 13.4. The zero-order valence-corrected chi connectivity index (χ0v) is 13.3. The van der Waals surface area contributed by atoms with Crippen molar-refractivity contribution in [1.82, 2.24) is 10.3 Å². The third-order valence-corrected chi connectivity index (χ3v) is 4.08. The Balaban J connectivity index is 2.26. The van der Waals surface area contributed by atoms with E-state index in [1.54, 1.807) is 12.3 Å². The van der Waals surface area contributed by atoms with Crippen molar-refractivity contribution in [3.8, 4) is 0 Å². The van der Waals surface area contributed by atoms with Gasteiger partial charge in [0, 0.05) is 12.2 Å². The SMILES string of the molecule is CCCNC(Cc1cccc(Cl)c1Cl)c1cncc(F)c1. The van der Waals surface area contributed by atoms with Crippen molar-refractivity contribution in [3.63, 3.8) is 0 Å². The Hall–Kier alpha value is -1.16. The van der Waals surface area contributed by atoms with Crippen LogP contribution in [0.2, 0.25) is 10.0 Å². The van der Waals surface area contributed by atoms with E-state index in [0.29, 0.717) is 16.5 Å². The molecule has 1 heterocycles. The van der Waals surface area contributed by atoms with Gasteiger partial charge in [-0.05, 0) is 42.6 Å². The molecule has 112 valence electrons. The van der Waals surface area contributed by atoms with E-state index >= 15 is 0 Å². The van der Waals surface area contributed by atoms with Crippen LogP contribution in [0.5, 0.6) is 0 Å². The highest BCUT2D eigenvalue weighted by molar-refractivity contribution is 6.42. The fourth-order valence-electron chi connectivity index (χ4n) is 2.17. The number of aromatic nitrogens is 1. The van der Waals surface area contributed by atoms with E-state index in [9.17, 15) is 4.39 Å². The molecule has 1 unspecified atom stereocenters. The molecule has 2 rings (SSSR count). The Labute approximate surface area is 134 Å². The maximum Gasteiger partial charge on any atom is 0.141 e. The molecular formula is C16H17Cl2FN2. The predicted octanol–water partition coefficient (Wildman–Crippen LogP) is 4.81. The highest BCUT2D eigenvalue weighted by Gasteiger charge is 2.15. The van der Waals surface area contributed by atoms with Gasteiger partial charge in [-0.3, -0.25) is 4.98 Å². The van der Waals surface area contributed by atoms with Crippen molar-refractivity contribution < 1.29 is 4.39 Å². The van der Waals surface area contributed by atoms with Crippen molar-refractivity contribution in [2.24, 2.45) is 0 Å². The number of hydrogen-bond acceptors (Lipinski definition) is 2. The Morgan fingerprint density at radius 1 is 1.29 bits per heavy atom. The van der Waals surface area contributed by atoms with Crippen molar-refractivity contribution in [3.05, 3.63) is 63.6 Å². The summed E-state index contributed by atoms with van der Waals surface area (Å²) < 4.78 is 13.4. The molecule has 0 saturated heterocycles. The number of nitrogens with zero attached hydrogens (tertiary/aromatic N) is 1. The summed E-state index contributed by atoms with van der Waals surface area (Å²) in [6.07, 6.45) is 4.49. The fourth-order valence-corrected chi connectivity index (χ4v) is 2.57. The first-order chi connectivity index (χ1) is 10.1. The second-order valence-electron chi connectivity index (χ2n) is 4.86. The van der Waals surface area contributed by atoms with E-state index in [-0.39, 0.29) is 11.9 Å². The van der Waals surface area contributed by atoms with Crippen molar-refractivity contribution in [1.29, 1.82) is 0 Å². The minimum atomic E-state index is -0.340. The van der Waals surface area contributed by atoms with Crippen LogP contribution < -0.4 is 5.32 Å².